The predicted molar refractivity (Wildman–Crippen MR) is 152 cm³/mol. The third-order valence-corrected chi connectivity index (χ3v) is 8.40. The van der Waals surface area contributed by atoms with Crippen molar-refractivity contribution in [2.45, 2.75) is 19.9 Å². The Morgan fingerprint density at radius 3 is 2.61 bits per heavy atom. The fraction of sp³-hybridized carbons (Fsp3) is 0.103. The largest absolute Gasteiger partial charge is 0.322 e. The molecule has 7 nitrogen and oxygen atoms in total. The highest BCUT2D eigenvalue weighted by Gasteiger charge is 2.33. The van der Waals surface area contributed by atoms with Crippen molar-refractivity contribution in [1.82, 2.24) is 14.8 Å². The first kappa shape index (κ1) is 24.0. The molecule has 0 radical (unpaired) electrons. The molecule has 0 spiro atoms. The number of hydrogen-bond acceptors (Lipinski definition) is 6. The van der Waals surface area contributed by atoms with E-state index in [1.165, 1.54) is 22.7 Å². The summed E-state index contributed by atoms with van der Waals surface area (Å²) in [5, 5.41) is 12.2. The molecule has 1 aliphatic rings. The lowest BCUT2D eigenvalue weighted by atomic mass is 10.0. The maximum atomic E-state index is 13.9. The number of para-hydroxylation sites is 1. The van der Waals surface area contributed by atoms with E-state index in [0.717, 1.165) is 32.9 Å². The highest BCUT2D eigenvalue weighted by atomic mass is 32.1. The van der Waals surface area contributed by atoms with E-state index in [0.29, 0.717) is 20.6 Å². The second-order valence-corrected chi connectivity index (χ2v) is 10.9. The maximum Gasteiger partial charge on any atom is 0.271 e. The monoisotopic (exact) mass is 537 g/mol. The molecule has 1 aliphatic heterocycles. The Hall–Kier alpha value is -4.34. The van der Waals surface area contributed by atoms with Gasteiger partial charge in [0.25, 0.3) is 11.5 Å². The zero-order chi connectivity index (χ0) is 26.2. The molecule has 2 aromatic carbocycles. The van der Waals surface area contributed by atoms with Crippen LogP contribution in [0.4, 0.5) is 5.69 Å². The van der Waals surface area contributed by atoms with Crippen LogP contribution < -0.4 is 20.2 Å². The van der Waals surface area contributed by atoms with Crippen LogP contribution in [0.15, 0.2) is 99.4 Å². The van der Waals surface area contributed by atoms with Gasteiger partial charge < -0.3 is 5.32 Å². The molecule has 38 heavy (non-hydrogen) atoms. The number of rotatable bonds is 5. The first-order valence-electron chi connectivity index (χ1n) is 12.0. The fourth-order valence-electron chi connectivity index (χ4n) is 4.61. The molecule has 4 heterocycles. The van der Waals surface area contributed by atoms with E-state index in [9.17, 15) is 9.59 Å². The van der Waals surface area contributed by atoms with Gasteiger partial charge in [0.1, 0.15) is 6.04 Å². The van der Waals surface area contributed by atoms with Gasteiger partial charge in [0.05, 0.1) is 27.7 Å². The summed E-state index contributed by atoms with van der Waals surface area (Å²) in [5.74, 6) is -0.269. The Labute approximate surface area is 226 Å². The summed E-state index contributed by atoms with van der Waals surface area (Å²) in [4.78, 5) is 33.7. The summed E-state index contributed by atoms with van der Waals surface area (Å²) < 4.78 is 2.17. The van der Waals surface area contributed by atoms with Gasteiger partial charge in [0.15, 0.2) is 4.80 Å². The standard InChI is InChI=1S/C29H23N5O2S2/c1-17-9-6-7-12-21(17)32-27(35)24-18(2)31-29-34(26(24)22-13-8-14-37-22)28(36)23(38-29)15-20-16-30-33-25(20)19-10-4-3-5-11-19/h3-16,26H,1-2H3,(H,30,33)(H,32,35)/t26-/m1/s1. The minimum absolute atomic E-state index is 0.193. The molecule has 1 amide bonds. The van der Waals surface area contributed by atoms with Gasteiger partial charge >= 0.3 is 0 Å². The van der Waals surface area contributed by atoms with E-state index < -0.39 is 6.04 Å². The lowest BCUT2D eigenvalue weighted by molar-refractivity contribution is -0.113. The second kappa shape index (κ2) is 9.85. The third kappa shape index (κ3) is 4.25. The number of aryl methyl sites for hydroxylation is 1. The molecule has 0 bridgehead atoms. The smallest absolute Gasteiger partial charge is 0.271 e. The fourth-order valence-corrected chi connectivity index (χ4v) is 6.47. The first-order valence-corrected chi connectivity index (χ1v) is 13.7. The van der Waals surface area contributed by atoms with Gasteiger partial charge in [-0.05, 0) is 43.0 Å². The van der Waals surface area contributed by atoms with E-state index in [1.807, 2.05) is 92.0 Å². The predicted octanol–water partition coefficient (Wildman–Crippen LogP) is 4.63. The second-order valence-electron chi connectivity index (χ2n) is 8.93. The third-order valence-electron chi connectivity index (χ3n) is 6.49. The van der Waals surface area contributed by atoms with Gasteiger partial charge in [0.2, 0.25) is 0 Å². The molecule has 3 aromatic heterocycles. The number of H-pyrrole nitrogens is 1. The van der Waals surface area contributed by atoms with Crippen molar-refractivity contribution in [2.24, 2.45) is 4.99 Å². The highest BCUT2D eigenvalue weighted by Crippen LogP contribution is 2.33. The number of aromatic nitrogens is 3. The van der Waals surface area contributed by atoms with Gasteiger partial charge in [-0.1, -0.05) is 65.9 Å². The number of nitrogens with zero attached hydrogens (tertiary/aromatic N) is 3. The number of carbonyl (C=O) groups excluding carboxylic acids is 1. The van der Waals surface area contributed by atoms with E-state index in [2.05, 4.69) is 15.5 Å². The molecular weight excluding hydrogens is 514 g/mol. The van der Waals surface area contributed by atoms with Crippen molar-refractivity contribution in [3.8, 4) is 11.3 Å². The number of benzene rings is 2. The number of nitrogens with one attached hydrogen (secondary N) is 2. The Morgan fingerprint density at radius 1 is 1.05 bits per heavy atom. The van der Waals surface area contributed by atoms with Crippen LogP contribution in [0.2, 0.25) is 0 Å². The molecule has 0 saturated heterocycles. The van der Waals surface area contributed by atoms with Crippen LogP contribution in [0, 0.1) is 6.92 Å². The molecule has 9 heteroatoms. The summed E-state index contributed by atoms with van der Waals surface area (Å²) in [5.41, 5.74) is 5.17. The zero-order valence-corrected chi connectivity index (χ0v) is 22.3. The van der Waals surface area contributed by atoms with E-state index in [4.69, 9.17) is 4.99 Å². The van der Waals surface area contributed by atoms with E-state index in [-0.39, 0.29) is 11.5 Å². The molecule has 0 saturated carbocycles. The van der Waals surface area contributed by atoms with Crippen LogP contribution in [-0.4, -0.2) is 20.7 Å². The first-order chi connectivity index (χ1) is 18.5. The average molecular weight is 538 g/mol. The molecule has 5 aromatic rings. The van der Waals surface area contributed by atoms with Crippen molar-refractivity contribution in [1.29, 1.82) is 0 Å². The quantitative estimate of drug-likeness (QED) is 0.342. The summed E-state index contributed by atoms with van der Waals surface area (Å²) in [7, 11) is 0. The minimum Gasteiger partial charge on any atom is -0.322 e. The number of fused-ring (bicyclic) bond motifs is 1. The van der Waals surface area contributed by atoms with Crippen molar-refractivity contribution in [3.05, 3.63) is 125 Å². The summed E-state index contributed by atoms with van der Waals surface area (Å²) in [6.45, 7) is 3.77. The maximum absolute atomic E-state index is 13.9. The molecule has 0 aliphatic carbocycles. The van der Waals surface area contributed by atoms with Crippen molar-refractivity contribution in [2.75, 3.05) is 5.32 Å². The normalized spacial score (nSPS) is 15.3. The topological polar surface area (TPSA) is 92.1 Å². The number of allylic oxidation sites excluding steroid dienone is 1. The molecule has 6 rings (SSSR count). The molecule has 1 atom stereocenters. The van der Waals surface area contributed by atoms with E-state index in [1.54, 1.807) is 10.8 Å². The van der Waals surface area contributed by atoms with Crippen molar-refractivity contribution < 1.29 is 4.79 Å². The van der Waals surface area contributed by atoms with Crippen LogP contribution in [0.1, 0.15) is 29.0 Å². The number of anilines is 1. The Balaban J connectivity index is 1.48. The number of hydrogen-bond donors (Lipinski definition) is 2. The summed E-state index contributed by atoms with van der Waals surface area (Å²) in [6.07, 6.45) is 3.55. The molecule has 188 valence electrons. The average Bonchev–Trinajstić information content (AvgIpc) is 3.67. The molecule has 2 N–H and O–H groups in total. The SMILES string of the molecule is CC1=C(C(=O)Nc2ccccc2C)[C@@H](c2cccs2)n2c(sc(=Cc3cn[nH]c3-c3ccccc3)c2=O)=N1. The van der Waals surface area contributed by atoms with Crippen molar-refractivity contribution >= 4 is 40.3 Å². The van der Waals surface area contributed by atoms with Gasteiger partial charge in [-0.25, -0.2) is 4.99 Å². The Kier molecular flexibility index (Phi) is 6.22. The summed E-state index contributed by atoms with van der Waals surface area (Å²) >= 11 is 2.83. The van der Waals surface area contributed by atoms with Gasteiger partial charge in [0, 0.05) is 21.7 Å². The lowest BCUT2D eigenvalue weighted by Crippen LogP contribution is -2.40. The highest BCUT2D eigenvalue weighted by molar-refractivity contribution is 7.10. The number of amides is 1. The van der Waals surface area contributed by atoms with E-state index >= 15 is 0 Å². The van der Waals surface area contributed by atoms with Gasteiger partial charge in [-0.15, -0.1) is 11.3 Å². The van der Waals surface area contributed by atoms with Gasteiger partial charge in [-0.2, -0.15) is 5.10 Å². The van der Waals surface area contributed by atoms with Crippen LogP contribution in [0.5, 0.6) is 0 Å². The number of thiophene rings is 1. The molecule has 0 fully saturated rings. The Morgan fingerprint density at radius 2 is 1.84 bits per heavy atom. The number of thiazole rings is 1. The number of carbonyl (C=O) groups is 1. The number of aromatic amines is 1. The Bertz CT molecular complexity index is 1860. The lowest BCUT2D eigenvalue weighted by Gasteiger charge is -2.24. The van der Waals surface area contributed by atoms with Crippen LogP contribution >= 0.6 is 22.7 Å². The molecular formula is C29H23N5O2S2. The molecule has 0 unspecified atom stereocenters. The summed E-state index contributed by atoms with van der Waals surface area (Å²) in [6, 6.07) is 20.8. The van der Waals surface area contributed by atoms with Crippen LogP contribution in [-0.2, 0) is 4.79 Å². The zero-order valence-electron chi connectivity index (χ0n) is 20.6. The van der Waals surface area contributed by atoms with Crippen LogP contribution in [0.25, 0.3) is 17.3 Å². The minimum atomic E-state index is -0.574. The van der Waals surface area contributed by atoms with Gasteiger partial charge in [-0.3, -0.25) is 19.3 Å². The van der Waals surface area contributed by atoms with Crippen LogP contribution in [0.3, 0.4) is 0 Å². The van der Waals surface area contributed by atoms with Crippen molar-refractivity contribution in [3.63, 3.8) is 0 Å².